The lowest BCUT2D eigenvalue weighted by Crippen LogP contribution is -2.69. The minimum Gasteiger partial charge on any atom is -0.481 e. The molecule has 1 aliphatic heterocycles. The van der Waals surface area contributed by atoms with Crippen molar-refractivity contribution in [3.05, 3.63) is 47.0 Å². The number of benzene rings is 1. The Morgan fingerprint density at radius 3 is 2.35 bits per heavy atom. The Hall–Kier alpha value is -3.81. The van der Waals surface area contributed by atoms with Gasteiger partial charge in [0.2, 0.25) is 0 Å². The molecule has 8 atom stereocenters. The maximum Gasteiger partial charge on any atom is 0.407 e. The van der Waals surface area contributed by atoms with Crippen molar-refractivity contribution in [2.75, 3.05) is 13.2 Å². The molecule has 3 aliphatic rings. The average Bonchev–Trinajstić information content (AvgIpc) is 3.02. The first kappa shape index (κ1) is 37.0. The van der Waals surface area contributed by atoms with Crippen molar-refractivity contribution in [2.45, 2.75) is 110 Å². The van der Waals surface area contributed by atoms with Crippen molar-refractivity contribution in [1.82, 2.24) is 5.32 Å². The molecule has 1 saturated carbocycles. The van der Waals surface area contributed by atoms with E-state index in [4.69, 9.17) is 24.1 Å². The van der Waals surface area contributed by atoms with E-state index in [1.807, 2.05) is 0 Å². The minimum atomic E-state index is -1.81. The third-order valence-electron chi connectivity index (χ3n) is 10.7. The molecule has 1 aromatic rings. The molecular weight excluding hydrogens is 626 g/mol. The van der Waals surface area contributed by atoms with Gasteiger partial charge in [-0.1, -0.05) is 44.5 Å². The second kappa shape index (κ2) is 14.4. The van der Waals surface area contributed by atoms with Crippen LogP contribution in [0, 0.1) is 16.7 Å². The van der Waals surface area contributed by atoms with E-state index in [1.165, 1.54) is 13.8 Å². The van der Waals surface area contributed by atoms with Crippen molar-refractivity contribution in [1.29, 1.82) is 0 Å². The Morgan fingerprint density at radius 2 is 1.77 bits per heavy atom. The van der Waals surface area contributed by atoms with Crippen LogP contribution in [0.25, 0.3) is 0 Å². The summed E-state index contributed by atoms with van der Waals surface area (Å²) in [6.07, 6.45) is -6.58. The highest BCUT2D eigenvalue weighted by Crippen LogP contribution is 2.58. The Bertz CT molecular complexity index is 1440. The number of carboxylic acids is 1. The van der Waals surface area contributed by atoms with Gasteiger partial charge in [-0.25, -0.2) is 9.59 Å². The standard InChI is InChI=1S/C35H47NO12/c1-19-14-15-35(44)30(48-31(42)22-11-8-7-9-12-22)20(2)34(6,29(41)28(40)27(19)33(35,4)5)25(17-23-24(18-45-23)46-21(3)37)47-32(43)36-16-10-13-26(38)39/h7-9,11-12,20,23-25,28,30,40,44H,10,13-18H2,1-6H3,(H,36,43)(H,38,39)/t20-,23+,24-,25?,28+,30-,34-,35+/m0/s1. The van der Waals surface area contributed by atoms with Gasteiger partial charge in [0.05, 0.1) is 17.6 Å². The van der Waals surface area contributed by atoms with Gasteiger partial charge in [-0.3, -0.25) is 14.4 Å². The second-order valence-corrected chi connectivity index (χ2v) is 13.8. The number of hydrogen-bond donors (Lipinski definition) is 4. The molecule has 0 spiro atoms. The van der Waals surface area contributed by atoms with E-state index >= 15 is 0 Å². The number of aliphatic hydroxyl groups is 2. The van der Waals surface area contributed by atoms with Crippen molar-refractivity contribution < 1.29 is 58.2 Å². The fourth-order valence-corrected chi connectivity index (χ4v) is 7.53. The molecule has 1 amide bonds. The van der Waals surface area contributed by atoms with E-state index in [0.29, 0.717) is 17.6 Å². The smallest absolute Gasteiger partial charge is 0.407 e. The van der Waals surface area contributed by atoms with E-state index in [-0.39, 0.29) is 44.4 Å². The van der Waals surface area contributed by atoms with E-state index < -0.39 is 82.7 Å². The minimum absolute atomic E-state index is 0.0337. The zero-order valence-corrected chi connectivity index (χ0v) is 28.3. The largest absolute Gasteiger partial charge is 0.481 e. The summed E-state index contributed by atoms with van der Waals surface area (Å²) in [6, 6.07) is 8.22. The van der Waals surface area contributed by atoms with E-state index in [2.05, 4.69) is 5.32 Å². The molecule has 48 heavy (non-hydrogen) atoms. The normalized spacial score (nSPS) is 31.8. The summed E-state index contributed by atoms with van der Waals surface area (Å²) in [5.74, 6) is -4.09. The van der Waals surface area contributed by atoms with Crippen LogP contribution in [0.2, 0.25) is 0 Å². The number of allylic oxidation sites excluding steroid dienone is 1. The number of carbonyl (C=O) groups excluding carboxylic acids is 4. The van der Waals surface area contributed by atoms with Gasteiger partial charge in [-0.2, -0.15) is 0 Å². The highest BCUT2D eigenvalue weighted by Gasteiger charge is 2.66. The van der Waals surface area contributed by atoms with Gasteiger partial charge in [0.1, 0.15) is 30.0 Å². The molecule has 0 radical (unpaired) electrons. The van der Waals surface area contributed by atoms with E-state index in [9.17, 15) is 34.2 Å². The number of hydrogen-bond acceptors (Lipinski definition) is 11. The Kier molecular flexibility index (Phi) is 11.1. The van der Waals surface area contributed by atoms with Crippen LogP contribution in [0.4, 0.5) is 4.79 Å². The number of amides is 1. The number of alkyl carbamates (subject to hydrolysis) is 1. The van der Waals surface area contributed by atoms with Gasteiger partial charge >= 0.3 is 24.0 Å². The van der Waals surface area contributed by atoms with Gasteiger partial charge in [-0.05, 0) is 50.8 Å². The van der Waals surface area contributed by atoms with Crippen LogP contribution in [0.1, 0.15) is 84.0 Å². The molecule has 1 unspecified atom stereocenters. The van der Waals surface area contributed by atoms with Gasteiger partial charge in [0.25, 0.3) is 0 Å². The Morgan fingerprint density at radius 1 is 1.10 bits per heavy atom. The topological polar surface area (TPSA) is 195 Å². The number of carbonyl (C=O) groups is 5. The highest BCUT2D eigenvalue weighted by molar-refractivity contribution is 5.93. The predicted molar refractivity (Wildman–Crippen MR) is 170 cm³/mol. The number of nitrogens with one attached hydrogen (secondary N) is 1. The fourth-order valence-electron chi connectivity index (χ4n) is 7.53. The number of ether oxygens (including phenoxy) is 4. The number of fused-ring (bicyclic) bond motifs is 2. The number of ketones is 1. The van der Waals surface area contributed by atoms with Gasteiger partial charge in [-0.15, -0.1) is 0 Å². The molecule has 1 aromatic carbocycles. The molecule has 13 heteroatoms. The summed E-state index contributed by atoms with van der Waals surface area (Å²) in [6.45, 7) is 9.62. The van der Waals surface area contributed by atoms with Crippen LogP contribution in [-0.4, -0.2) is 94.4 Å². The highest BCUT2D eigenvalue weighted by atomic mass is 16.6. The average molecular weight is 674 g/mol. The maximum atomic E-state index is 14.8. The number of rotatable bonds is 11. The van der Waals surface area contributed by atoms with Crippen LogP contribution in [0.15, 0.2) is 41.5 Å². The maximum absolute atomic E-state index is 14.8. The number of carboxylic acid groups (broad SMARTS) is 1. The Labute approximate surface area is 280 Å². The Balaban J connectivity index is 1.82. The first-order valence-electron chi connectivity index (χ1n) is 16.3. The molecule has 2 fully saturated rings. The molecule has 4 N–H and O–H groups in total. The fraction of sp³-hybridized carbons (Fsp3) is 0.629. The van der Waals surface area contributed by atoms with Crippen LogP contribution in [0.3, 0.4) is 0 Å². The molecule has 264 valence electrons. The summed E-state index contributed by atoms with van der Waals surface area (Å²) < 4.78 is 23.2. The first-order chi connectivity index (χ1) is 22.4. The molecule has 1 heterocycles. The summed E-state index contributed by atoms with van der Waals surface area (Å²) in [7, 11) is 0. The van der Waals surface area contributed by atoms with Crippen molar-refractivity contribution in [3.63, 3.8) is 0 Å². The molecule has 13 nitrogen and oxygen atoms in total. The lowest BCUT2D eigenvalue weighted by Gasteiger charge is -2.58. The van der Waals surface area contributed by atoms with Gasteiger partial charge in [0.15, 0.2) is 11.9 Å². The molecule has 2 aliphatic carbocycles. The first-order valence-corrected chi connectivity index (χ1v) is 16.3. The molecule has 0 aromatic heterocycles. The zero-order chi connectivity index (χ0) is 35.6. The predicted octanol–water partition coefficient (Wildman–Crippen LogP) is 3.35. The van der Waals surface area contributed by atoms with Crippen LogP contribution in [0.5, 0.6) is 0 Å². The van der Waals surface area contributed by atoms with Crippen molar-refractivity contribution in [3.8, 4) is 0 Å². The van der Waals surface area contributed by atoms with E-state index in [1.54, 1.807) is 58.0 Å². The van der Waals surface area contributed by atoms with Crippen LogP contribution < -0.4 is 5.32 Å². The van der Waals surface area contributed by atoms with E-state index in [0.717, 1.165) is 0 Å². The lowest BCUT2D eigenvalue weighted by atomic mass is 9.50. The monoisotopic (exact) mass is 673 g/mol. The number of esters is 2. The molecule has 2 bridgehead atoms. The quantitative estimate of drug-likeness (QED) is 0.116. The molecule has 4 rings (SSSR count). The summed E-state index contributed by atoms with van der Waals surface area (Å²) >= 11 is 0. The molecule has 1 saturated heterocycles. The van der Waals surface area contributed by atoms with Crippen molar-refractivity contribution in [2.24, 2.45) is 16.7 Å². The second-order valence-electron chi connectivity index (χ2n) is 13.8. The number of aliphatic carboxylic acids is 1. The zero-order valence-electron chi connectivity index (χ0n) is 28.3. The lowest BCUT2D eigenvalue weighted by molar-refractivity contribution is -0.219. The third kappa shape index (κ3) is 6.99. The van der Waals surface area contributed by atoms with Crippen molar-refractivity contribution >= 4 is 29.8 Å². The summed E-state index contributed by atoms with van der Waals surface area (Å²) in [5, 5.41) is 36.0. The summed E-state index contributed by atoms with van der Waals surface area (Å²) in [5.41, 5.74) is -3.57. The van der Waals surface area contributed by atoms with Gasteiger partial charge in [0, 0.05) is 37.6 Å². The number of aliphatic hydroxyl groups excluding tert-OH is 1. The number of Topliss-reactive ketones (excluding diaryl/α,β-unsaturated/α-hetero) is 1. The van der Waals surface area contributed by atoms with Gasteiger partial charge < -0.3 is 39.6 Å². The van der Waals surface area contributed by atoms with Crippen LogP contribution >= 0.6 is 0 Å². The third-order valence-corrected chi connectivity index (χ3v) is 10.7. The summed E-state index contributed by atoms with van der Waals surface area (Å²) in [4.78, 5) is 64.3. The van der Waals surface area contributed by atoms with Crippen LogP contribution in [-0.2, 0) is 33.3 Å². The SMILES string of the molecule is CC(=O)O[C@H]1CO[C@@H]1CC(OC(=O)NCCCC(=O)O)[C@@]1(C)C(=O)[C@H](O)C2=C(C)CC[C@@](O)([C@@H](OC(=O)c3ccccc3)[C@@H]1C)C2(C)C. The molecular formula is C35H47NO12.